The van der Waals surface area contributed by atoms with Crippen LogP contribution in [0.15, 0.2) is 58.7 Å². The van der Waals surface area contributed by atoms with E-state index in [9.17, 15) is 0 Å². The molecule has 0 aliphatic carbocycles. The van der Waals surface area contributed by atoms with Gasteiger partial charge >= 0.3 is 0 Å². The Kier molecular flexibility index (Phi) is 6.18. The first-order valence-corrected chi connectivity index (χ1v) is 9.62. The van der Waals surface area contributed by atoms with Gasteiger partial charge in [-0.2, -0.15) is 11.3 Å². The van der Waals surface area contributed by atoms with E-state index in [-0.39, 0.29) is 6.04 Å². The van der Waals surface area contributed by atoms with E-state index in [1.807, 2.05) is 29.8 Å². The molecule has 0 saturated heterocycles. The number of hydrogen-bond acceptors (Lipinski definition) is 5. The Bertz CT molecular complexity index is 752. The molecule has 0 amide bonds. The van der Waals surface area contributed by atoms with Crippen LogP contribution in [0.5, 0.6) is 5.75 Å². The number of ether oxygens (including phenoxy) is 1. The molecule has 124 valence electrons. The molecule has 3 nitrogen and oxygen atoms in total. The predicted octanol–water partition coefficient (Wildman–Crippen LogP) is 4.80. The number of rotatable bonds is 8. The highest BCUT2D eigenvalue weighted by Gasteiger charge is 2.14. The highest BCUT2D eigenvalue weighted by Crippen LogP contribution is 2.22. The fraction of sp³-hybridized carbons (Fsp3) is 0.211. The van der Waals surface area contributed by atoms with Crippen molar-refractivity contribution in [2.45, 2.75) is 12.5 Å². The van der Waals surface area contributed by atoms with E-state index in [1.54, 1.807) is 29.8 Å². The number of hydrogen-bond donors (Lipinski definition) is 1. The molecule has 0 spiro atoms. The summed E-state index contributed by atoms with van der Waals surface area (Å²) in [6.07, 6.45) is 7.05. The summed E-state index contributed by atoms with van der Waals surface area (Å²) >= 11 is 3.43. The minimum Gasteiger partial charge on any atom is -0.496 e. The van der Waals surface area contributed by atoms with Gasteiger partial charge in [-0.1, -0.05) is 30.4 Å². The molecule has 24 heavy (non-hydrogen) atoms. The average molecular weight is 357 g/mol. The predicted molar refractivity (Wildman–Crippen MR) is 103 cm³/mol. The van der Waals surface area contributed by atoms with Gasteiger partial charge in [-0.25, -0.2) is 4.98 Å². The normalized spacial score (nSPS) is 12.5. The zero-order chi connectivity index (χ0) is 16.6. The Morgan fingerprint density at radius 2 is 2.17 bits per heavy atom. The molecule has 2 aromatic heterocycles. The van der Waals surface area contributed by atoms with E-state index in [0.29, 0.717) is 0 Å². The van der Waals surface area contributed by atoms with Crippen LogP contribution in [0.1, 0.15) is 22.2 Å². The number of benzene rings is 1. The fourth-order valence-electron chi connectivity index (χ4n) is 2.50. The molecule has 1 aromatic carbocycles. The highest BCUT2D eigenvalue weighted by molar-refractivity contribution is 7.09. The van der Waals surface area contributed by atoms with Crippen molar-refractivity contribution >= 4 is 28.7 Å². The summed E-state index contributed by atoms with van der Waals surface area (Å²) < 4.78 is 5.37. The van der Waals surface area contributed by atoms with Crippen molar-refractivity contribution in [3.63, 3.8) is 0 Å². The minimum atomic E-state index is 0.238. The topological polar surface area (TPSA) is 34.1 Å². The van der Waals surface area contributed by atoms with Crippen LogP contribution in [0.3, 0.4) is 0 Å². The number of para-hydroxylation sites is 1. The molecular formula is C19H20N2OS2. The molecule has 3 aromatic rings. The molecule has 1 unspecified atom stereocenters. The van der Waals surface area contributed by atoms with Gasteiger partial charge in [0, 0.05) is 23.7 Å². The second kappa shape index (κ2) is 8.78. The van der Waals surface area contributed by atoms with Gasteiger partial charge in [0.25, 0.3) is 0 Å². The zero-order valence-electron chi connectivity index (χ0n) is 13.5. The van der Waals surface area contributed by atoms with Crippen molar-refractivity contribution in [3.8, 4) is 5.75 Å². The molecule has 0 aliphatic rings. The van der Waals surface area contributed by atoms with E-state index in [4.69, 9.17) is 4.74 Å². The van der Waals surface area contributed by atoms with Crippen LogP contribution in [-0.2, 0) is 6.42 Å². The highest BCUT2D eigenvalue weighted by atomic mass is 32.1. The van der Waals surface area contributed by atoms with E-state index in [0.717, 1.165) is 29.3 Å². The first-order chi connectivity index (χ1) is 11.9. The lowest BCUT2D eigenvalue weighted by molar-refractivity contribution is 0.414. The summed E-state index contributed by atoms with van der Waals surface area (Å²) in [5.41, 5.74) is 2.44. The summed E-state index contributed by atoms with van der Waals surface area (Å²) in [4.78, 5) is 4.48. The standard InChI is InChI=1S/C19H20N2OS2/c1-22-18-7-3-2-5-16(18)6-4-9-20-17(19-21-10-12-24-19)13-15-8-11-23-14-15/h2-8,10-12,14,17,20H,9,13H2,1H3/b6-4+. The van der Waals surface area contributed by atoms with Crippen molar-refractivity contribution < 1.29 is 4.74 Å². The van der Waals surface area contributed by atoms with Gasteiger partial charge in [0.05, 0.1) is 13.2 Å². The minimum absolute atomic E-state index is 0.238. The molecule has 1 N–H and O–H groups in total. The SMILES string of the molecule is COc1ccccc1/C=C/CNC(Cc1ccsc1)c1nccs1. The van der Waals surface area contributed by atoms with E-state index < -0.39 is 0 Å². The third kappa shape index (κ3) is 4.54. The summed E-state index contributed by atoms with van der Waals surface area (Å²) in [7, 11) is 1.70. The molecule has 5 heteroatoms. The molecule has 3 rings (SSSR count). The van der Waals surface area contributed by atoms with Gasteiger partial charge in [-0.05, 0) is 34.9 Å². The number of aromatic nitrogens is 1. The third-order valence-electron chi connectivity index (χ3n) is 3.69. The van der Waals surface area contributed by atoms with Crippen LogP contribution in [0.4, 0.5) is 0 Å². The molecule has 0 radical (unpaired) electrons. The van der Waals surface area contributed by atoms with Crippen LogP contribution in [0, 0.1) is 0 Å². The molecule has 0 aliphatic heterocycles. The number of methoxy groups -OCH3 is 1. The molecule has 2 heterocycles. The summed E-state index contributed by atoms with van der Waals surface area (Å²) in [6.45, 7) is 0.784. The zero-order valence-corrected chi connectivity index (χ0v) is 15.1. The van der Waals surface area contributed by atoms with Crippen LogP contribution >= 0.6 is 22.7 Å². The van der Waals surface area contributed by atoms with Crippen molar-refractivity contribution in [1.29, 1.82) is 0 Å². The Morgan fingerprint density at radius 3 is 2.92 bits per heavy atom. The number of thiophene rings is 1. The molecule has 0 bridgehead atoms. The summed E-state index contributed by atoms with van der Waals surface area (Å²) in [6, 6.07) is 10.4. The monoisotopic (exact) mass is 356 g/mol. The third-order valence-corrected chi connectivity index (χ3v) is 5.31. The Labute approximate surface area is 150 Å². The Morgan fingerprint density at radius 1 is 1.25 bits per heavy atom. The largest absolute Gasteiger partial charge is 0.496 e. The van der Waals surface area contributed by atoms with Crippen LogP contribution in [-0.4, -0.2) is 18.6 Å². The van der Waals surface area contributed by atoms with Crippen molar-refractivity contribution in [1.82, 2.24) is 10.3 Å². The quantitative estimate of drug-likeness (QED) is 0.629. The number of thiazole rings is 1. The van der Waals surface area contributed by atoms with Crippen LogP contribution in [0.25, 0.3) is 6.08 Å². The second-order valence-corrected chi connectivity index (χ2v) is 7.02. The van der Waals surface area contributed by atoms with Gasteiger partial charge in [0.1, 0.15) is 10.8 Å². The average Bonchev–Trinajstić information content (AvgIpc) is 3.31. The smallest absolute Gasteiger partial charge is 0.126 e. The van der Waals surface area contributed by atoms with Gasteiger partial charge in [0.2, 0.25) is 0 Å². The lowest BCUT2D eigenvalue weighted by atomic mass is 10.1. The molecule has 0 saturated carbocycles. The van der Waals surface area contributed by atoms with Crippen LogP contribution in [0.2, 0.25) is 0 Å². The van der Waals surface area contributed by atoms with Gasteiger partial charge in [-0.3, -0.25) is 0 Å². The van der Waals surface area contributed by atoms with Gasteiger partial charge in [0.15, 0.2) is 0 Å². The van der Waals surface area contributed by atoms with Crippen molar-refractivity contribution in [2.75, 3.05) is 13.7 Å². The molecule has 1 atom stereocenters. The lowest BCUT2D eigenvalue weighted by Gasteiger charge is -2.14. The van der Waals surface area contributed by atoms with E-state index in [1.165, 1.54) is 5.56 Å². The van der Waals surface area contributed by atoms with Crippen LogP contribution < -0.4 is 10.1 Å². The van der Waals surface area contributed by atoms with Gasteiger partial charge in [-0.15, -0.1) is 11.3 Å². The van der Waals surface area contributed by atoms with Crippen molar-refractivity contribution in [3.05, 3.63) is 74.9 Å². The molecular weight excluding hydrogens is 336 g/mol. The first-order valence-electron chi connectivity index (χ1n) is 7.80. The number of nitrogens with one attached hydrogen (secondary N) is 1. The van der Waals surface area contributed by atoms with E-state index >= 15 is 0 Å². The first kappa shape index (κ1) is 16.9. The maximum absolute atomic E-state index is 5.37. The number of nitrogens with zero attached hydrogens (tertiary/aromatic N) is 1. The fourth-order valence-corrected chi connectivity index (χ4v) is 3.89. The molecule has 0 fully saturated rings. The summed E-state index contributed by atoms with van der Waals surface area (Å²) in [5, 5.41) is 11.1. The lowest BCUT2D eigenvalue weighted by Crippen LogP contribution is -2.23. The Hall–Kier alpha value is -1.95. The Balaban J connectivity index is 1.62. The maximum atomic E-state index is 5.37. The second-order valence-electron chi connectivity index (χ2n) is 5.31. The maximum Gasteiger partial charge on any atom is 0.126 e. The summed E-state index contributed by atoms with van der Waals surface area (Å²) in [5.74, 6) is 0.892. The van der Waals surface area contributed by atoms with E-state index in [2.05, 4.69) is 45.3 Å². The van der Waals surface area contributed by atoms with Gasteiger partial charge < -0.3 is 10.1 Å². The van der Waals surface area contributed by atoms with Crippen molar-refractivity contribution in [2.24, 2.45) is 0 Å².